The molecule has 0 aliphatic rings. The Morgan fingerprint density at radius 2 is 1.64 bits per heavy atom. The van der Waals surface area contributed by atoms with E-state index in [0.29, 0.717) is 5.56 Å². The van der Waals surface area contributed by atoms with Crippen LogP contribution in [0, 0.1) is 12.7 Å². The highest BCUT2D eigenvalue weighted by atomic mass is 32.2. The zero-order valence-corrected chi connectivity index (χ0v) is 12.6. The van der Waals surface area contributed by atoms with Crippen LogP contribution >= 0.6 is 0 Å². The summed E-state index contributed by atoms with van der Waals surface area (Å²) in [4.78, 5) is 11.7. The number of nitrogens with one attached hydrogen (secondary N) is 1. The van der Waals surface area contributed by atoms with Crippen LogP contribution in [0.15, 0.2) is 59.5 Å². The van der Waals surface area contributed by atoms with Crippen molar-refractivity contribution in [3.8, 4) is 0 Å². The van der Waals surface area contributed by atoms with Crippen LogP contribution in [0.4, 0.5) is 4.39 Å². The van der Waals surface area contributed by atoms with Crippen LogP contribution in [0.5, 0.6) is 0 Å². The number of halogens is 1. The van der Waals surface area contributed by atoms with Gasteiger partial charge in [-0.2, -0.15) is 0 Å². The first-order valence-corrected chi connectivity index (χ1v) is 7.92. The number of carbonyl (C=O) groups is 1. The molecule has 1 amide bonds. The summed E-state index contributed by atoms with van der Waals surface area (Å²) in [5.41, 5.74) is 1.51. The van der Waals surface area contributed by atoms with E-state index in [9.17, 15) is 17.6 Å². The maximum Gasteiger partial charge on any atom is 0.264 e. The highest BCUT2D eigenvalue weighted by Crippen LogP contribution is 2.10. The van der Waals surface area contributed by atoms with Gasteiger partial charge in [0.2, 0.25) is 0 Å². The molecule has 0 aromatic heterocycles. The Morgan fingerprint density at radius 1 is 1.05 bits per heavy atom. The van der Waals surface area contributed by atoms with E-state index < -0.39 is 15.9 Å². The summed E-state index contributed by atoms with van der Waals surface area (Å²) in [6, 6.07) is 11.6. The van der Waals surface area contributed by atoms with Gasteiger partial charge in [-0.3, -0.25) is 4.79 Å². The monoisotopic (exact) mass is 319 g/mol. The van der Waals surface area contributed by atoms with E-state index in [-0.39, 0.29) is 10.7 Å². The molecule has 0 atom stereocenters. The quantitative estimate of drug-likeness (QED) is 0.881. The van der Waals surface area contributed by atoms with E-state index in [1.165, 1.54) is 42.5 Å². The van der Waals surface area contributed by atoms with E-state index in [1.807, 2.05) is 11.6 Å². The average Bonchev–Trinajstić information content (AvgIpc) is 2.46. The number of hydrogen-bond donors (Lipinski definition) is 1. The van der Waals surface area contributed by atoms with E-state index in [0.717, 1.165) is 11.6 Å². The molecule has 0 heterocycles. The van der Waals surface area contributed by atoms with Crippen LogP contribution in [-0.2, 0) is 14.8 Å². The molecular formula is C16H14FNO3S. The average molecular weight is 319 g/mol. The topological polar surface area (TPSA) is 63.2 Å². The van der Waals surface area contributed by atoms with Crippen molar-refractivity contribution >= 4 is 22.0 Å². The minimum Gasteiger partial charge on any atom is -0.269 e. The lowest BCUT2D eigenvalue weighted by atomic mass is 10.2. The molecule has 0 saturated heterocycles. The van der Waals surface area contributed by atoms with Crippen molar-refractivity contribution in [2.45, 2.75) is 11.8 Å². The lowest BCUT2D eigenvalue weighted by Crippen LogP contribution is -2.28. The fourth-order valence-corrected chi connectivity index (χ4v) is 2.63. The highest BCUT2D eigenvalue weighted by Gasteiger charge is 2.15. The number of benzene rings is 2. The highest BCUT2D eigenvalue weighted by molar-refractivity contribution is 7.90. The summed E-state index contributed by atoms with van der Waals surface area (Å²) in [5.74, 6) is -1.16. The molecule has 0 spiro atoms. The predicted molar refractivity (Wildman–Crippen MR) is 81.9 cm³/mol. The lowest BCUT2D eigenvalue weighted by Gasteiger charge is -2.05. The van der Waals surface area contributed by atoms with Gasteiger partial charge in [0.05, 0.1) is 4.90 Å². The van der Waals surface area contributed by atoms with Crippen molar-refractivity contribution in [1.82, 2.24) is 4.72 Å². The zero-order chi connectivity index (χ0) is 16.2. The summed E-state index contributed by atoms with van der Waals surface area (Å²) in [6.45, 7) is 1.83. The molecule has 4 nitrogen and oxygen atoms in total. The lowest BCUT2D eigenvalue weighted by molar-refractivity contribution is -0.114. The van der Waals surface area contributed by atoms with Crippen LogP contribution in [0.25, 0.3) is 6.08 Å². The van der Waals surface area contributed by atoms with Crippen molar-refractivity contribution in [1.29, 1.82) is 0 Å². The molecule has 0 unspecified atom stereocenters. The van der Waals surface area contributed by atoms with Gasteiger partial charge < -0.3 is 0 Å². The Labute approximate surface area is 128 Å². The predicted octanol–water partition coefficient (Wildman–Crippen LogP) is 2.65. The molecule has 6 heteroatoms. The van der Waals surface area contributed by atoms with Gasteiger partial charge in [0.15, 0.2) is 0 Å². The van der Waals surface area contributed by atoms with Crippen LogP contribution in [0.3, 0.4) is 0 Å². The van der Waals surface area contributed by atoms with E-state index in [1.54, 1.807) is 12.1 Å². The maximum atomic E-state index is 12.7. The standard InChI is InChI=1S/C16H14FNO3S/c1-12-2-9-15(10-3-12)22(20,21)18-16(19)11-6-13-4-7-14(17)8-5-13/h2-11H,1H3,(H,18,19)/b11-6+. The zero-order valence-electron chi connectivity index (χ0n) is 11.8. The van der Waals surface area contributed by atoms with Gasteiger partial charge in [0.1, 0.15) is 5.82 Å². The van der Waals surface area contributed by atoms with Crippen molar-refractivity contribution in [3.63, 3.8) is 0 Å². The van der Waals surface area contributed by atoms with Gasteiger partial charge in [-0.15, -0.1) is 0 Å². The third kappa shape index (κ3) is 4.26. The fourth-order valence-electron chi connectivity index (χ4n) is 1.69. The molecule has 1 N–H and O–H groups in total. The molecule has 0 fully saturated rings. The summed E-state index contributed by atoms with van der Waals surface area (Å²) < 4.78 is 38.7. The minimum absolute atomic E-state index is 0.0154. The van der Waals surface area contributed by atoms with Gasteiger partial charge >= 0.3 is 0 Å². The number of sulfonamides is 1. The van der Waals surface area contributed by atoms with Gasteiger partial charge in [0.25, 0.3) is 15.9 Å². The van der Waals surface area contributed by atoms with Crippen LogP contribution in [0.1, 0.15) is 11.1 Å². The van der Waals surface area contributed by atoms with Crippen LogP contribution in [0.2, 0.25) is 0 Å². The fraction of sp³-hybridized carbons (Fsp3) is 0.0625. The SMILES string of the molecule is Cc1ccc(S(=O)(=O)NC(=O)/C=C/c2ccc(F)cc2)cc1. The van der Waals surface area contributed by atoms with Gasteiger partial charge in [-0.25, -0.2) is 17.5 Å². The third-order valence-corrected chi connectivity index (χ3v) is 4.23. The normalized spacial score (nSPS) is 11.5. The van der Waals surface area contributed by atoms with E-state index in [4.69, 9.17) is 0 Å². The second-order valence-corrected chi connectivity index (χ2v) is 6.35. The van der Waals surface area contributed by atoms with Crippen molar-refractivity contribution in [3.05, 3.63) is 71.6 Å². The summed E-state index contributed by atoms with van der Waals surface area (Å²) >= 11 is 0. The minimum atomic E-state index is -3.90. The molecular weight excluding hydrogens is 305 g/mol. The molecule has 0 aliphatic carbocycles. The van der Waals surface area contributed by atoms with Crippen molar-refractivity contribution in [2.75, 3.05) is 0 Å². The largest absolute Gasteiger partial charge is 0.269 e. The first kappa shape index (κ1) is 15.9. The van der Waals surface area contributed by atoms with Gasteiger partial charge in [-0.1, -0.05) is 29.8 Å². The number of aryl methyl sites for hydroxylation is 1. The van der Waals surface area contributed by atoms with E-state index in [2.05, 4.69) is 0 Å². The number of rotatable bonds is 4. The first-order chi connectivity index (χ1) is 10.4. The van der Waals surface area contributed by atoms with Gasteiger partial charge in [0, 0.05) is 6.08 Å². The number of hydrogen-bond acceptors (Lipinski definition) is 3. The van der Waals surface area contributed by atoms with Crippen LogP contribution < -0.4 is 4.72 Å². The molecule has 0 radical (unpaired) electrons. The molecule has 0 saturated carbocycles. The molecule has 2 rings (SSSR count). The number of amides is 1. The summed E-state index contributed by atoms with van der Waals surface area (Å²) in [5, 5.41) is 0. The Balaban J connectivity index is 2.07. The Kier molecular flexibility index (Phi) is 4.72. The van der Waals surface area contributed by atoms with Crippen molar-refractivity contribution < 1.29 is 17.6 Å². The Morgan fingerprint density at radius 3 is 2.23 bits per heavy atom. The molecule has 114 valence electrons. The second kappa shape index (κ2) is 6.53. The summed E-state index contributed by atoms with van der Waals surface area (Å²) in [7, 11) is -3.90. The number of carbonyl (C=O) groups excluding carboxylic acids is 1. The van der Waals surface area contributed by atoms with E-state index >= 15 is 0 Å². The second-order valence-electron chi connectivity index (χ2n) is 4.67. The molecule has 2 aromatic carbocycles. The molecule has 22 heavy (non-hydrogen) atoms. The third-order valence-electron chi connectivity index (χ3n) is 2.86. The first-order valence-electron chi connectivity index (χ1n) is 6.44. The van der Waals surface area contributed by atoms with Crippen molar-refractivity contribution in [2.24, 2.45) is 0 Å². The Bertz CT molecular complexity index is 794. The molecule has 2 aromatic rings. The molecule has 0 aliphatic heterocycles. The Hall–Kier alpha value is -2.47. The molecule has 0 bridgehead atoms. The van der Waals surface area contributed by atoms with Crippen LogP contribution in [-0.4, -0.2) is 14.3 Å². The summed E-state index contributed by atoms with van der Waals surface area (Å²) in [6.07, 6.45) is 2.48. The maximum absolute atomic E-state index is 12.7. The van der Waals surface area contributed by atoms with Gasteiger partial charge in [-0.05, 0) is 42.8 Å². The smallest absolute Gasteiger partial charge is 0.264 e.